The van der Waals surface area contributed by atoms with Crippen molar-refractivity contribution in [3.8, 4) is 45.0 Å². The number of hydrogen-bond acceptors (Lipinski definition) is 2. The van der Waals surface area contributed by atoms with Gasteiger partial charge in [0.2, 0.25) is 0 Å². The molecule has 0 aliphatic rings. The van der Waals surface area contributed by atoms with E-state index in [2.05, 4.69) is 185 Å². The predicted molar refractivity (Wildman–Crippen MR) is 219 cm³/mol. The van der Waals surface area contributed by atoms with Gasteiger partial charge in [-0.3, -0.25) is 4.57 Å². The van der Waals surface area contributed by atoms with Crippen LogP contribution < -0.4 is 0 Å². The molecule has 0 atom stereocenters. The zero-order valence-corrected chi connectivity index (χ0v) is 28.6. The van der Waals surface area contributed by atoms with Crippen molar-refractivity contribution in [3.05, 3.63) is 188 Å². The molecule has 3 heterocycles. The smallest absolute Gasteiger partial charge is 0.159 e. The molecule has 0 spiro atoms. The first-order valence-corrected chi connectivity index (χ1v) is 18.0. The number of hydrogen-bond donors (Lipinski definition) is 0. The van der Waals surface area contributed by atoms with Gasteiger partial charge in [0, 0.05) is 32.8 Å². The summed E-state index contributed by atoms with van der Waals surface area (Å²) in [6.45, 7) is 0. The average Bonchev–Trinajstić information content (AvgIpc) is 3.91. The third-order valence-electron chi connectivity index (χ3n) is 10.6. The Morgan fingerprint density at radius 1 is 0.377 bits per heavy atom. The van der Waals surface area contributed by atoms with E-state index in [0.29, 0.717) is 0 Å². The van der Waals surface area contributed by atoms with Crippen molar-refractivity contribution in [2.75, 3.05) is 0 Å². The van der Waals surface area contributed by atoms with E-state index in [9.17, 15) is 0 Å². The van der Waals surface area contributed by atoms with Crippen LogP contribution >= 0.6 is 0 Å². The van der Waals surface area contributed by atoms with Crippen LogP contribution in [0.3, 0.4) is 0 Å². The summed E-state index contributed by atoms with van der Waals surface area (Å²) in [7, 11) is 0. The van der Waals surface area contributed by atoms with E-state index in [1.807, 2.05) is 12.1 Å². The highest BCUT2D eigenvalue weighted by molar-refractivity contribution is 6.13. The van der Waals surface area contributed by atoms with Crippen molar-refractivity contribution < 1.29 is 4.42 Å². The predicted octanol–water partition coefficient (Wildman–Crippen LogP) is 13.0. The third-order valence-corrected chi connectivity index (χ3v) is 10.6. The van der Waals surface area contributed by atoms with Crippen LogP contribution in [0.25, 0.3) is 99.8 Å². The standard InChI is InChI=1S/C49H31N3O/c1-3-12-32(13-4-1)35-24-28-39-38-16-7-9-19-43(38)52(46(39)30-35)45-21-11-17-41-40-29-25-36(31-47(40)53-48(41)45)33-22-26-37(27-23-33)51-44-20-10-8-18-42(44)50-49(51)34-14-5-2-6-15-34/h1-31H. The van der Waals surface area contributed by atoms with Crippen LogP contribution in [0.4, 0.5) is 0 Å². The fourth-order valence-corrected chi connectivity index (χ4v) is 8.05. The SMILES string of the molecule is c1ccc(-c2ccc3c4ccccc4n(-c4cccc5c4oc4cc(-c6ccc(-n7c(-c8ccccc8)nc8ccccc87)cc6)ccc45)c3c2)cc1. The van der Waals surface area contributed by atoms with Crippen molar-refractivity contribution in [3.63, 3.8) is 0 Å². The molecule has 0 saturated carbocycles. The summed E-state index contributed by atoms with van der Waals surface area (Å²) in [6.07, 6.45) is 0. The molecule has 53 heavy (non-hydrogen) atoms. The number of furan rings is 1. The minimum absolute atomic E-state index is 0.867. The molecule has 0 unspecified atom stereocenters. The number of aromatic nitrogens is 3. The molecule has 8 aromatic carbocycles. The van der Waals surface area contributed by atoms with Crippen LogP contribution in [0.5, 0.6) is 0 Å². The second-order valence-electron chi connectivity index (χ2n) is 13.6. The van der Waals surface area contributed by atoms with Crippen molar-refractivity contribution >= 4 is 54.8 Å². The minimum atomic E-state index is 0.867. The Morgan fingerprint density at radius 3 is 1.79 bits per heavy atom. The molecule has 0 radical (unpaired) electrons. The summed E-state index contributed by atoms with van der Waals surface area (Å²) in [5.41, 5.74) is 13.9. The van der Waals surface area contributed by atoms with Crippen molar-refractivity contribution in [2.45, 2.75) is 0 Å². The lowest BCUT2D eigenvalue weighted by molar-refractivity contribution is 0.666. The Kier molecular flexibility index (Phi) is 6.52. The normalized spacial score (nSPS) is 11.8. The van der Waals surface area contributed by atoms with Crippen molar-refractivity contribution in [1.82, 2.24) is 14.1 Å². The second-order valence-corrected chi connectivity index (χ2v) is 13.6. The van der Waals surface area contributed by atoms with E-state index in [1.165, 1.54) is 21.9 Å². The fourth-order valence-electron chi connectivity index (χ4n) is 8.05. The van der Waals surface area contributed by atoms with E-state index in [0.717, 1.165) is 77.9 Å². The molecule has 0 N–H and O–H groups in total. The molecular weight excluding hydrogens is 647 g/mol. The van der Waals surface area contributed by atoms with Crippen LogP contribution in [-0.4, -0.2) is 14.1 Å². The Morgan fingerprint density at radius 2 is 0.981 bits per heavy atom. The highest BCUT2D eigenvalue weighted by atomic mass is 16.3. The largest absolute Gasteiger partial charge is 0.454 e. The highest BCUT2D eigenvalue weighted by Gasteiger charge is 2.19. The van der Waals surface area contributed by atoms with Gasteiger partial charge in [0.05, 0.1) is 27.8 Å². The maximum atomic E-state index is 6.84. The van der Waals surface area contributed by atoms with Gasteiger partial charge in [-0.1, -0.05) is 133 Å². The van der Waals surface area contributed by atoms with Crippen LogP contribution in [0.1, 0.15) is 0 Å². The highest BCUT2D eigenvalue weighted by Crippen LogP contribution is 2.40. The summed E-state index contributed by atoms with van der Waals surface area (Å²) in [4.78, 5) is 5.02. The van der Waals surface area contributed by atoms with Crippen LogP contribution in [0, 0.1) is 0 Å². The molecule has 11 rings (SSSR count). The summed E-state index contributed by atoms with van der Waals surface area (Å²) >= 11 is 0. The molecule has 11 aromatic rings. The quantitative estimate of drug-likeness (QED) is 0.182. The molecule has 0 aliphatic heterocycles. The third kappa shape index (κ3) is 4.66. The Hall–Kier alpha value is -7.17. The van der Waals surface area contributed by atoms with Gasteiger partial charge in [-0.25, -0.2) is 4.98 Å². The first-order valence-electron chi connectivity index (χ1n) is 18.0. The maximum Gasteiger partial charge on any atom is 0.159 e. The summed E-state index contributed by atoms with van der Waals surface area (Å²) < 4.78 is 11.5. The number of imidazole rings is 1. The second kappa shape index (κ2) is 11.7. The number of para-hydroxylation sites is 4. The summed E-state index contributed by atoms with van der Waals surface area (Å²) in [5, 5.41) is 4.65. The summed E-state index contributed by atoms with van der Waals surface area (Å²) in [5.74, 6) is 0.929. The Balaban J connectivity index is 1.03. The van der Waals surface area contributed by atoms with Crippen LogP contribution in [0.15, 0.2) is 192 Å². The van der Waals surface area contributed by atoms with Gasteiger partial charge < -0.3 is 8.98 Å². The average molecular weight is 678 g/mol. The topological polar surface area (TPSA) is 35.9 Å². The van der Waals surface area contributed by atoms with E-state index in [1.54, 1.807) is 0 Å². The van der Waals surface area contributed by atoms with E-state index in [-0.39, 0.29) is 0 Å². The van der Waals surface area contributed by atoms with E-state index >= 15 is 0 Å². The van der Waals surface area contributed by atoms with Gasteiger partial charge in [-0.05, 0) is 76.9 Å². The van der Waals surface area contributed by atoms with Crippen LogP contribution in [-0.2, 0) is 0 Å². The van der Waals surface area contributed by atoms with Gasteiger partial charge in [-0.2, -0.15) is 0 Å². The minimum Gasteiger partial charge on any atom is -0.454 e. The molecule has 3 aromatic heterocycles. The Bertz CT molecular complexity index is 3150. The maximum absolute atomic E-state index is 6.84. The monoisotopic (exact) mass is 677 g/mol. The lowest BCUT2D eigenvalue weighted by Gasteiger charge is -2.11. The zero-order chi connectivity index (χ0) is 34.9. The lowest BCUT2D eigenvalue weighted by atomic mass is 10.0. The van der Waals surface area contributed by atoms with Gasteiger partial charge in [-0.15, -0.1) is 0 Å². The van der Waals surface area contributed by atoms with E-state index < -0.39 is 0 Å². The number of fused-ring (bicyclic) bond motifs is 7. The molecule has 4 heteroatoms. The molecule has 4 nitrogen and oxygen atoms in total. The lowest BCUT2D eigenvalue weighted by Crippen LogP contribution is -1.97. The van der Waals surface area contributed by atoms with Crippen LogP contribution in [0.2, 0.25) is 0 Å². The molecule has 0 saturated heterocycles. The molecule has 0 aliphatic carbocycles. The number of rotatable bonds is 5. The summed E-state index contributed by atoms with van der Waals surface area (Å²) in [6, 6.07) is 66.5. The Labute approximate surface area is 305 Å². The number of nitrogens with zero attached hydrogens (tertiary/aromatic N) is 3. The molecule has 248 valence electrons. The fraction of sp³-hybridized carbons (Fsp3) is 0. The van der Waals surface area contributed by atoms with Crippen molar-refractivity contribution in [2.24, 2.45) is 0 Å². The zero-order valence-electron chi connectivity index (χ0n) is 28.6. The molecule has 0 fully saturated rings. The van der Waals surface area contributed by atoms with Gasteiger partial charge in [0.25, 0.3) is 0 Å². The van der Waals surface area contributed by atoms with Crippen molar-refractivity contribution in [1.29, 1.82) is 0 Å². The van der Waals surface area contributed by atoms with Gasteiger partial charge >= 0.3 is 0 Å². The molecule has 0 bridgehead atoms. The number of benzene rings is 8. The van der Waals surface area contributed by atoms with Gasteiger partial charge in [0.15, 0.2) is 5.58 Å². The molecule has 0 amide bonds. The first-order chi connectivity index (χ1) is 26.3. The molecular formula is C49H31N3O. The van der Waals surface area contributed by atoms with E-state index in [4.69, 9.17) is 9.40 Å². The first kappa shape index (κ1) is 29.5. The van der Waals surface area contributed by atoms with Gasteiger partial charge in [0.1, 0.15) is 11.4 Å².